The van der Waals surface area contributed by atoms with E-state index in [0.29, 0.717) is 24.3 Å². The van der Waals surface area contributed by atoms with Crippen LogP contribution >= 0.6 is 0 Å². The summed E-state index contributed by atoms with van der Waals surface area (Å²) in [4.78, 5) is 21.6. The third-order valence-electron chi connectivity index (χ3n) is 5.81. The van der Waals surface area contributed by atoms with Gasteiger partial charge in [0.2, 0.25) is 5.91 Å². The molecule has 0 aromatic heterocycles. The van der Waals surface area contributed by atoms with Crippen molar-refractivity contribution in [3.8, 4) is 0 Å². The summed E-state index contributed by atoms with van der Waals surface area (Å²) in [7, 11) is 1.72. The van der Waals surface area contributed by atoms with Crippen molar-refractivity contribution in [1.29, 1.82) is 0 Å². The van der Waals surface area contributed by atoms with Gasteiger partial charge in [-0.3, -0.25) is 14.7 Å². The van der Waals surface area contributed by atoms with Crippen LogP contribution in [-0.4, -0.2) is 74.0 Å². The number of carbonyl (C=O) groups excluding carboxylic acids is 1. The quantitative estimate of drug-likeness (QED) is 0.535. The highest BCUT2D eigenvalue weighted by Crippen LogP contribution is 2.21. The summed E-state index contributed by atoms with van der Waals surface area (Å²) in [5.74, 6) is 2.34. The van der Waals surface area contributed by atoms with Crippen molar-refractivity contribution < 1.29 is 4.79 Å². The summed E-state index contributed by atoms with van der Waals surface area (Å²) in [6, 6.07) is 0.539. The summed E-state index contributed by atoms with van der Waals surface area (Å²) < 4.78 is 0. The molecule has 0 aromatic carbocycles. The standard InChI is InChI=1S/C20H39N5O/c1-5-22-20(23-15-18(16(2)3)24-10-6-7-11-24)25-12-8-17(9-13-25)14-19(26)21-4/h16-18H,5-15H2,1-4H3,(H,21,26)(H,22,23). The summed E-state index contributed by atoms with van der Waals surface area (Å²) in [6.07, 6.45) is 5.44. The van der Waals surface area contributed by atoms with E-state index < -0.39 is 0 Å². The average molecular weight is 366 g/mol. The molecular weight excluding hydrogens is 326 g/mol. The summed E-state index contributed by atoms with van der Waals surface area (Å²) in [5, 5.41) is 6.23. The molecule has 2 aliphatic rings. The fourth-order valence-electron chi connectivity index (χ4n) is 4.14. The van der Waals surface area contributed by atoms with E-state index in [4.69, 9.17) is 4.99 Å². The Morgan fingerprint density at radius 3 is 2.35 bits per heavy atom. The Balaban J connectivity index is 1.92. The van der Waals surface area contributed by atoms with Crippen LogP contribution in [0.15, 0.2) is 4.99 Å². The molecule has 0 radical (unpaired) electrons. The first-order chi connectivity index (χ1) is 12.5. The number of aliphatic imine (C=N–C) groups is 1. The van der Waals surface area contributed by atoms with Gasteiger partial charge < -0.3 is 15.5 Å². The van der Waals surface area contributed by atoms with Crippen LogP contribution in [0.5, 0.6) is 0 Å². The molecule has 6 nitrogen and oxygen atoms in total. The van der Waals surface area contributed by atoms with Crippen molar-refractivity contribution in [1.82, 2.24) is 20.4 Å². The number of hydrogen-bond acceptors (Lipinski definition) is 3. The van der Waals surface area contributed by atoms with Gasteiger partial charge in [0.1, 0.15) is 0 Å². The molecule has 6 heteroatoms. The van der Waals surface area contributed by atoms with Gasteiger partial charge in [-0.1, -0.05) is 13.8 Å². The Kier molecular flexibility index (Phi) is 8.69. The molecule has 0 bridgehead atoms. The lowest BCUT2D eigenvalue weighted by atomic mass is 9.93. The highest BCUT2D eigenvalue weighted by Gasteiger charge is 2.26. The second kappa shape index (κ2) is 10.8. The van der Waals surface area contributed by atoms with Gasteiger partial charge in [0.15, 0.2) is 5.96 Å². The zero-order valence-corrected chi connectivity index (χ0v) is 17.3. The smallest absolute Gasteiger partial charge is 0.220 e. The van der Waals surface area contributed by atoms with Gasteiger partial charge in [-0.25, -0.2) is 0 Å². The number of nitrogens with one attached hydrogen (secondary N) is 2. The second-order valence-electron chi connectivity index (χ2n) is 8.06. The van der Waals surface area contributed by atoms with Crippen LogP contribution in [0.25, 0.3) is 0 Å². The molecule has 2 saturated heterocycles. The molecule has 0 aliphatic carbocycles. The monoisotopic (exact) mass is 365 g/mol. The number of piperidine rings is 1. The SMILES string of the molecule is CCNC(=NCC(C(C)C)N1CCCC1)N1CCC(CC(=O)NC)CC1. The van der Waals surface area contributed by atoms with Gasteiger partial charge in [0.05, 0.1) is 6.54 Å². The minimum Gasteiger partial charge on any atom is -0.359 e. The first-order valence-electron chi connectivity index (χ1n) is 10.5. The molecule has 1 atom stereocenters. The van der Waals surface area contributed by atoms with Crippen molar-refractivity contribution in [2.24, 2.45) is 16.8 Å². The lowest BCUT2D eigenvalue weighted by Crippen LogP contribution is -2.47. The van der Waals surface area contributed by atoms with Crippen LogP contribution in [-0.2, 0) is 4.79 Å². The number of likely N-dealkylation sites (tertiary alicyclic amines) is 2. The molecule has 0 spiro atoms. The maximum atomic E-state index is 11.6. The summed E-state index contributed by atoms with van der Waals surface area (Å²) in [6.45, 7) is 13.0. The maximum Gasteiger partial charge on any atom is 0.220 e. The minimum absolute atomic E-state index is 0.161. The molecule has 2 heterocycles. The van der Waals surface area contributed by atoms with Crippen LogP contribution in [0.4, 0.5) is 0 Å². The molecule has 1 unspecified atom stereocenters. The second-order valence-corrected chi connectivity index (χ2v) is 8.06. The molecule has 26 heavy (non-hydrogen) atoms. The highest BCUT2D eigenvalue weighted by molar-refractivity contribution is 5.80. The lowest BCUT2D eigenvalue weighted by molar-refractivity contribution is -0.121. The Hall–Kier alpha value is -1.30. The summed E-state index contributed by atoms with van der Waals surface area (Å²) >= 11 is 0. The van der Waals surface area contributed by atoms with Gasteiger partial charge in [0, 0.05) is 39.1 Å². The third-order valence-corrected chi connectivity index (χ3v) is 5.81. The molecule has 2 fully saturated rings. The zero-order chi connectivity index (χ0) is 18.9. The predicted molar refractivity (Wildman–Crippen MR) is 108 cm³/mol. The van der Waals surface area contributed by atoms with Gasteiger partial charge in [-0.05, 0) is 57.5 Å². The van der Waals surface area contributed by atoms with Gasteiger partial charge in [0.25, 0.3) is 0 Å². The van der Waals surface area contributed by atoms with Crippen LogP contribution in [0, 0.1) is 11.8 Å². The molecule has 0 saturated carbocycles. The predicted octanol–water partition coefficient (Wildman–Crippen LogP) is 1.92. The minimum atomic E-state index is 0.161. The zero-order valence-electron chi connectivity index (χ0n) is 17.3. The van der Waals surface area contributed by atoms with E-state index >= 15 is 0 Å². The molecular formula is C20H39N5O. The van der Waals surface area contributed by atoms with Gasteiger partial charge >= 0.3 is 0 Å². The van der Waals surface area contributed by atoms with E-state index in [1.165, 1.54) is 25.9 Å². The van der Waals surface area contributed by atoms with E-state index in [9.17, 15) is 4.79 Å². The lowest BCUT2D eigenvalue weighted by Gasteiger charge is -2.35. The molecule has 150 valence electrons. The fraction of sp³-hybridized carbons (Fsp3) is 0.900. The normalized spacial score (nSPS) is 21.3. The van der Waals surface area contributed by atoms with Crippen molar-refractivity contribution in [2.75, 3.05) is 46.3 Å². The molecule has 2 aliphatic heterocycles. The van der Waals surface area contributed by atoms with Crippen molar-refractivity contribution >= 4 is 11.9 Å². The largest absolute Gasteiger partial charge is 0.359 e. The van der Waals surface area contributed by atoms with Crippen LogP contribution in [0.2, 0.25) is 0 Å². The number of amides is 1. The first-order valence-corrected chi connectivity index (χ1v) is 10.5. The fourth-order valence-corrected chi connectivity index (χ4v) is 4.14. The Morgan fingerprint density at radius 2 is 1.81 bits per heavy atom. The van der Waals surface area contributed by atoms with Crippen molar-refractivity contribution in [3.05, 3.63) is 0 Å². The number of hydrogen-bond donors (Lipinski definition) is 2. The Labute approximate surface area is 159 Å². The van der Waals surface area contributed by atoms with E-state index in [2.05, 4.69) is 41.2 Å². The first kappa shape index (κ1) is 21.0. The van der Waals surface area contributed by atoms with E-state index in [1.54, 1.807) is 7.05 Å². The Bertz CT molecular complexity index is 451. The average Bonchev–Trinajstić information content (AvgIpc) is 3.15. The topological polar surface area (TPSA) is 60.0 Å². The molecule has 1 amide bonds. The number of rotatable bonds is 7. The van der Waals surface area contributed by atoms with Crippen LogP contribution < -0.4 is 10.6 Å². The van der Waals surface area contributed by atoms with E-state index in [-0.39, 0.29) is 5.91 Å². The third kappa shape index (κ3) is 6.15. The van der Waals surface area contributed by atoms with Crippen LogP contribution in [0.1, 0.15) is 52.9 Å². The van der Waals surface area contributed by atoms with Crippen molar-refractivity contribution in [2.45, 2.75) is 58.9 Å². The number of carbonyl (C=O) groups is 1. The van der Waals surface area contributed by atoms with Gasteiger partial charge in [-0.2, -0.15) is 0 Å². The molecule has 0 aromatic rings. The highest BCUT2D eigenvalue weighted by atomic mass is 16.1. The van der Waals surface area contributed by atoms with Gasteiger partial charge in [-0.15, -0.1) is 0 Å². The van der Waals surface area contributed by atoms with E-state index in [0.717, 1.165) is 45.0 Å². The maximum absolute atomic E-state index is 11.6. The van der Waals surface area contributed by atoms with Crippen LogP contribution in [0.3, 0.4) is 0 Å². The Morgan fingerprint density at radius 1 is 1.15 bits per heavy atom. The molecule has 2 rings (SSSR count). The number of nitrogens with zero attached hydrogens (tertiary/aromatic N) is 3. The van der Waals surface area contributed by atoms with Crippen molar-refractivity contribution in [3.63, 3.8) is 0 Å². The summed E-state index contributed by atoms with van der Waals surface area (Å²) in [5.41, 5.74) is 0. The number of guanidine groups is 1. The van der Waals surface area contributed by atoms with E-state index in [1.807, 2.05) is 0 Å². The molecule has 2 N–H and O–H groups in total.